The summed E-state index contributed by atoms with van der Waals surface area (Å²) in [4.78, 5) is 36.1. The number of aryl methyl sites for hydroxylation is 1. The summed E-state index contributed by atoms with van der Waals surface area (Å²) < 4.78 is 5.04. The van der Waals surface area contributed by atoms with Crippen molar-refractivity contribution in [1.82, 2.24) is 4.90 Å². The molecule has 0 radical (unpaired) electrons. The number of nitrogens with one attached hydrogen (secondary N) is 1. The van der Waals surface area contributed by atoms with Crippen LogP contribution in [-0.2, 0) is 4.79 Å². The Bertz CT molecular complexity index is 833. The summed E-state index contributed by atoms with van der Waals surface area (Å²) in [6, 6.07) is 10.9. The van der Waals surface area contributed by atoms with Crippen LogP contribution in [0.4, 0.5) is 11.4 Å². The van der Waals surface area contributed by atoms with E-state index < -0.39 is 10.8 Å². The average Bonchev–Trinajstić information content (AvgIpc) is 2.61. The fraction of sp³-hybridized carbons (Fsp3) is 0.222. The number of nitro groups is 1. The first-order valence-corrected chi connectivity index (χ1v) is 7.76. The Hall–Kier alpha value is -3.42. The molecule has 136 valence electrons. The summed E-state index contributed by atoms with van der Waals surface area (Å²) in [5.74, 6) is -0.0821. The molecule has 8 heteroatoms. The smallest absolute Gasteiger partial charge is 0.272 e. The third kappa shape index (κ3) is 4.56. The summed E-state index contributed by atoms with van der Waals surface area (Å²) in [7, 11) is 3.04. The van der Waals surface area contributed by atoms with Gasteiger partial charge in [-0.3, -0.25) is 19.7 Å². The maximum atomic E-state index is 12.4. The molecule has 2 amide bonds. The first-order valence-electron chi connectivity index (χ1n) is 7.76. The van der Waals surface area contributed by atoms with Crippen LogP contribution >= 0.6 is 0 Å². The number of hydrogen-bond acceptors (Lipinski definition) is 5. The van der Waals surface area contributed by atoms with E-state index in [1.54, 1.807) is 38.3 Å². The van der Waals surface area contributed by atoms with E-state index in [0.29, 0.717) is 17.0 Å². The van der Waals surface area contributed by atoms with Crippen molar-refractivity contribution in [3.05, 3.63) is 63.7 Å². The van der Waals surface area contributed by atoms with Crippen LogP contribution in [0.25, 0.3) is 0 Å². The highest BCUT2D eigenvalue weighted by atomic mass is 16.6. The number of amides is 2. The molecular weight excluding hydrogens is 338 g/mol. The molecule has 0 aliphatic heterocycles. The van der Waals surface area contributed by atoms with E-state index >= 15 is 0 Å². The Morgan fingerprint density at radius 1 is 1.19 bits per heavy atom. The minimum absolute atomic E-state index is 0.0542. The third-order valence-electron chi connectivity index (χ3n) is 3.74. The summed E-state index contributed by atoms with van der Waals surface area (Å²) >= 11 is 0. The Kier molecular flexibility index (Phi) is 5.90. The van der Waals surface area contributed by atoms with Gasteiger partial charge in [-0.25, -0.2) is 0 Å². The van der Waals surface area contributed by atoms with Gasteiger partial charge in [-0.15, -0.1) is 0 Å². The van der Waals surface area contributed by atoms with Gasteiger partial charge in [0.2, 0.25) is 5.91 Å². The van der Waals surface area contributed by atoms with Gasteiger partial charge in [-0.2, -0.15) is 0 Å². The van der Waals surface area contributed by atoms with Gasteiger partial charge in [0.15, 0.2) is 0 Å². The lowest BCUT2D eigenvalue weighted by Crippen LogP contribution is -2.35. The number of nitro benzene ring substituents is 1. The van der Waals surface area contributed by atoms with Crippen molar-refractivity contribution in [3.63, 3.8) is 0 Å². The van der Waals surface area contributed by atoms with E-state index in [0.717, 1.165) is 0 Å². The van der Waals surface area contributed by atoms with Gasteiger partial charge in [0.25, 0.3) is 11.6 Å². The van der Waals surface area contributed by atoms with Crippen molar-refractivity contribution in [2.75, 3.05) is 26.0 Å². The second kappa shape index (κ2) is 8.11. The molecule has 26 heavy (non-hydrogen) atoms. The second-order valence-electron chi connectivity index (χ2n) is 5.70. The highest BCUT2D eigenvalue weighted by Crippen LogP contribution is 2.19. The highest BCUT2D eigenvalue weighted by Gasteiger charge is 2.18. The fourth-order valence-electron chi connectivity index (χ4n) is 2.38. The molecule has 0 fully saturated rings. The predicted molar refractivity (Wildman–Crippen MR) is 96.4 cm³/mol. The molecule has 2 aromatic carbocycles. The van der Waals surface area contributed by atoms with Gasteiger partial charge in [-0.1, -0.05) is 0 Å². The molecule has 0 unspecified atom stereocenters. The number of hydrogen-bond donors (Lipinski definition) is 1. The first kappa shape index (κ1) is 18.9. The summed E-state index contributed by atoms with van der Waals surface area (Å²) in [6.07, 6.45) is 0. The number of rotatable bonds is 6. The van der Waals surface area contributed by atoms with Gasteiger partial charge in [-0.05, 0) is 43.3 Å². The Morgan fingerprint density at radius 2 is 1.85 bits per heavy atom. The van der Waals surface area contributed by atoms with Crippen LogP contribution in [0.2, 0.25) is 0 Å². The van der Waals surface area contributed by atoms with Gasteiger partial charge in [0, 0.05) is 29.9 Å². The molecule has 0 spiro atoms. The van der Waals surface area contributed by atoms with E-state index in [1.165, 1.54) is 30.1 Å². The van der Waals surface area contributed by atoms with E-state index in [4.69, 9.17) is 4.74 Å². The maximum absolute atomic E-state index is 12.4. The number of likely N-dealkylation sites (N-methyl/N-ethyl adjacent to an activating group) is 1. The number of methoxy groups -OCH3 is 1. The maximum Gasteiger partial charge on any atom is 0.272 e. The quantitative estimate of drug-likeness (QED) is 0.632. The number of anilines is 1. The lowest BCUT2D eigenvalue weighted by atomic mass is 10.1. The first-order chi connectivity index (χ1) is 12.3. The third-order valence-corrected chi connectivity index (χ3v) is 3.74. The molecule has 0 bridgehead atoms. The summed E-state index contributed by atoms with van der Waals surface area (Å²) in [6.45, 7) is 1.41. The topological polar surface area (TPSA) is 102 Å². The SMILES string of the molecule is COc1ccc(NC(=O)CN(C)C(=O)c2ccc([N+](=O)[O-])c(C)c2)cc1. The fourth-order valence-corrected chi connectivity index (χ4v) is 2.38. The molecule has 0 aliphatic rings. The molecular formula is C18H19N3O5. The number of carbonyl (C=O) groups is 2. The van der Waals surface area contributed by atoms with Crippen molar-refractivity contribution < 1.29 is 19.2 Å². The minimum Gasteiger partial charge on any atom is -0.497 e. The highest BCUT2D eigenvalue weighted by molar-refractivity contribution is 5.99. The number of carbonyl (C=O) groups excluding carboxylic acids is 2. The molecule has 2 rings (SSSR count). The van der Waals surface area contributed by atoms with Gasteiger partial charge < -0.3 is 15.0 Å². The molecule has 0 heterocycles. The average molecular weight is 357 g/mol. The van der Waals surface area contributed by atoms with Crippen LogP contribution in [0.3, 0.4) is 0 Å². The summed E-state index contributed by atoms with van der Waals surface area (Å²) in [5, 5.41) is 13.5. The normalized spacial score (nSPS) is 10.1. The van der Waals surface area contributed by atoms with E-state index in [-0.39, 0.29) is 23.7 Å². The molecule has 8 nitrogen and oxygen atoms in total. The molecule has 0 saturated carbocycles. The van der Waals surface area contributed by atoms with Crippen LogP contribution in [0, 0.1) is 17.0 Å². The van der Waals surface area contributed by atoms with Gasteiger partial charge in [0.05, 0.1) is 18.6 Å². The monoisotopic (exact) mass is 357 g/mol. The largest absolute Gasteiger partial charge is 0.497 e. The Balaban J connectivity index is 2.00. The van der Waals surface area contributed by atoms with E-state index in [2.05, 4.69) is 5.32 Å². The minimum atomic E-state index is -0.504. The van der Waals surface area contributed by atoms with Crippen LogP contribution < -0.4 is 10.1 Å². The zero-order valence-electron chi connectivity index (χ0n) is 14.7. The van der Waals surface area contributed by atoms with Crippen LogP contribution in [0.5, 0.6) is 5.75 Å². The molecule has 0 aliphatic carbocycles. The van der Waals surface area contributed by atoms with E-state index in [1.807, 2.05) is 0 Å². The van der Waals surface area contributed by atoms with Crippen molar-refractivity contribution in [3.8, 4) is 5.75 Å². The second-order valence-corrected chi connectivity index (χ2v) is 5.70. The number of ether oxygens (including phenoxy) is 1. The van der Waals surface area contributed by atoms with Crippen LogP contribution in [0.1, 0.15) is 15.9 Å². The molecule has 0 saturated heterocycles. The zero-order chi connectivity index (χ0) is 19.3. The molecule has 0 atom stereocenters. The predicted octanol–water partition coefficient (Wildman–Crippen LogP) is 2.62. The molecule has 2 aromatic rings. The molecule has 0 aromatic heterocycles. The van der Waals surface area contributed by atoms with Crippen molar-refractivity contribution >= 4 is 23.2 Å². The van der Waals surface area contributed by atoms with Crippen molar-refractivity contribution in [1.29, 1.82) is 0 Å². The summed E-state index contributed by atoms with van der Waals surface area (Å²) in [5.41, 5.74) is 1.20. The number of nitrogens with zero attached hydrogens (tertiary/aromatic N) is 2. The Morgan fingerprint density at radius 3 is 2.38 bits per heavy atom. The van der Waals surface area contributed by atoms with Crippen molar-refractivity contribution in [2.45, 2.75) is 6.92 Å². The van der Waals surface area contributed by atoms with Crippen LogP contribution in [-0.4, -0.2) is 42.3 Å². The lowest BCUT2D eigenvalue weighted by molar-refractivity contribution is -0.385. The zero-order valence-corrected chi connectivity index (χ0v) is 14.7. The van der Waals surface area contributed by atoms with Crippen molar-refractivity contribution in [2.24, 2.45) is 0 Å². The number of benzene rings is 2. The van der Waals surface area contributed by atoms with E-state index in [9.17, 15) is 19.7 Å². The van der Waals surface area contributed by atoms with Gasteiger partial charge in [0.1, 0.15) is 5.75 Å². The Labute approximate surface area is 150 Å². The molecule has 1 N–H and O–H groups in total. The lowest BCUT2D eigenvalue weighted by Gasteiger charge is -2.17. The van der Waals surface area contributed by atoms with Gasteiger partial charge >= 0.3 is 0 Å². The standard InChI is InChI=1S/C18H19N3O5/c1-12-10-13(4-9-16(12)21(24)25)18(23)20(2)11-17(22)19-14-5-7-15(26-3)8-6-14/h4-10H,11H2,1-3H3,(H,19,22). The van der Waals surface area contributed by atoms with Crippen LogP contribution in [0.15, 0.2) is 42.5 Å².